The Morgan fingerprint density at radius 3 is 3.11 bits per heavy atom. The van der Waals surface area contributed by atoms with Crippen LogP contribution >= 0.6 is 11.8 Å². The maximum absolute atomic E-state index is 12.2. The van der Waals surface area contributed by atoms with Crippen LogP contribution < -0.4 is 4.57 Å². The van der Waals surface area contributed by atoms with Crippen LogP contribution in [-0.2, 0) is 29.1 Å². The summed E-state index contributed by atoms with van der Waals surface area (Å²) in [6, 6.07) is 4.13. The molecule has 1 N–H and O–H groups in total. The average Bonchev–Trinajstić information content (AvgIpc) is 3.29. The van der Waals surface area contributed by atoms with Gasteiger partial charge in [-0.3, -0.25) is 9.69 Å². The van der Waals surface area contributed by atoms with Crippen LogP contribution in [0.4, 0.5) is 0 Å². The van der Waals surface area contributed by atoms with Crippen LogP contribution in [-0.4, -0.2) is 42.3 Å². The van der Waals surface area contributed by atoms with Crippen molar-refractivity contribution in [1.82, 2.24) is 19.9 Å². The first kappa shape index (κ1) is 17.5. The summed E-state index contributed by atoms with van der Waals surface area (Å²) >= 11 is 1.31. The minimum atomic E-state index is -1.09. The molecule has 2 aliphatic heterocycles. The van der Waals surface area contributed by atoms with E-state index in [-0.39, 0.29) is 17.0 Å². The molecule has 4 heterocycles. The first-order valence-electron chi connectivity index (χ1n) is 8.59. The van der Waals surface area contributed by atoms with E-state index in [0.29, 0.717) is 17.8 Å². The molecule has 1 fully saturated rings. The van der Waals surface area contributed by atoms with Crippen molar-refractivity contribution in [3.8, 4) is 0 Å². The quantitative estimate of drug-likeness (QED) is 0.455. The number of rotatable bonds is 6. The van der Waals surface area contributed by atoms with Crippen molar-refractivity contribution in [2.45, 2.75) is 31.8 Å². The van der Waals surface area contributed by atoms with Gasteiger partial charge in [0, 0.05) is 17.0 Å². The SMILES string of the molecule is CCc1ccc[n+](CCn2cc(/C=C3/C(=O)N4C(C(=O)O)=CS[C@H]34)nn2)c1. The van der Waals surface area contributed by atoms with Crippen molar-refractivity contribution in [1.29, 1.82) is 0 Å². The number of nitrogens with zero attached hydrogens (tertiary/aromatic N) is 5. The Bertz CT molecular complexity index is 981. The molecule has 0 saturated carbocycles. The summed E-state index contributed by atoms with van der Waals surface area (Å²) in [5, 5.41) is 18.5. The fourth-order valence-corrected chi connectivity index (χ4v) is 4.18. The zero-order chi connectivity index (χ0) is 19.0. The van der Waals surface area contributed by atoms with Crippen LogP contribution in [0.1, 0.15) is 18.2 Å². The second-order valence-electron chi connectivity index (χ2n) is 6.28. The molecule has 138 valence electrons. The van der Waals surface area contributed by atoms with Crippen molar-refractivity contribution < 1.29 is 19.3 Å². The smallest absolute Gasteiger partial charge is 0.353 e. The van der Waals surface area contributed by atoms with Gasteiger partial charge in [-0.2, -0.15) is 0 Å². The maximum atomic E-state index is 12.2. The van der Waals surface area contributed by atoms with E-state index in [1.165, 1.54) is 27.6 Å². The molecule has 0 aromatic carbocycles. The predicted molar refractivity (Wildman–Crippen MR) is 98.0 cm³/mol. The number of hydrogen-bond donors (Lipinski definition) is 1. The van der Waals surface area contributed by atoms with Gasteiger partial charge in [-0.05, 0) is 18.6 Å². The first-order valence-corrected chi connectivity index (χ1v) is 9.53. The van der Waals surface area contributed by atoms with Crippen molar-refractivity contribution in [3.05, 3.63) is 58.7 Å². The maximum Gasteiger partial charge on any atom is 0.353 e. The topological polar surface area (TPSA) is 92.2 Å². The van der Waals surface area contributed by atoms with E-state index in [2.05, 4.69) is 34.1 Å². The van der Waals surface area contributed by atoms with E-state index >= 15 is 0 Å². The molecule has 0 unspecified atom stereocenters. The zero-order valence-electron chi connectivity index (χ0n) is 14.6. The predicted octanol–water partition coefficient (Wildman–Crippen LogP) is 1.05. The lowest BCUT2D eigenvalue weighted by Gasteiger charge is -2.36. The molecule has 1 saturated heterocycles. The molecule has 0 radical (unpaired) electrons. The van der Waals surface area contributed by atoms with Crippen LogP contribution in [0.3, 0.4) is 0 Å². The third-order valence-corrected chi connectivity index (χ3v) is 5.61. The number of aryl methyl sites for hydroxylation is 3. The Kier molecular flexibility index (Phi) is 4.53. The van der Waals surface area contributed by atoms with Crippen molar-refractivity contribution in [2.24, 2.45) is 0 Å². The second-order valence-corrected chi connectivity index (χ2v) is 7.24. The highest BCUT2D eigenvalue weighted by Gasteiger charge is 2.49. The molecule has 0 aliphatic carbocycles. The number of fused-ring (bicyclic) bond motifs is 1. The molecule has 4 rings (SSSR count). The minimum Gasteiger partial charge on any atom is -0.477 e. The van der Waals surface area contributed by atoms with E-state index in [1.54, 1.807) is 17.0 Å². The number of aliphatic carboxylic acids is 1. The lowest BCUT2D eigenvalue weighted by Crippen LogP contribution is -2.51. The number of β-lactam (4-membered cyclic amide) rings is 1. The molecule has 2 aliphatic rings. The Hall–Kier alpha value is -2.94. The third kappa shape index (κ3) is 3.25. The summed E-state index contributed by atoms with van der Waals surface area (Å²) in [6.07, 6.45) is 8.60. The fraction of sp³-hybridized carbons (Fsp3) is 0.278. The van der Waals surface area contributed by atoms with E-state index < -0.39 is 5.97 Å². The Balaban J connectivity index is 1.41. The number of carboxylic acid groups (broad SMARTS) is 1. The zero-order valence-corrected chi connectivity index (χ0v) is 15.5. The molecular weight excluding hydrogens is 366 g/mol. The number of thioether (sulfide) groups is 1. The van der Waals surface area contributed by atoms with Crippen LogP contribution in [0.15, 0.2) is 47.4 Å². The molecule has 1 atom stereocenters. The molecule has 9 heteroatoms. The van der Waals surface area contributed by atoms with E-state index in [0.717, 1.165) is 13.0 Å². The monoisotopic (exact) mass is 384 g/mol. The highest BCUT2D eigenvalue weighted by atomic mass is 32.2. The molecular formula is C18H18N5O3S+. The van der Waals surface area contributed by atoms with Gasteiger partial charge in [-0.15, -0.1) is 16.9 Å². The minimum absolute atomic E-state index is 0.0298. The molecule has 8 nitrogen and oxygen atoms in total. The van der Waals surface area contributed by atoms with E-state index in [4.69, 9.17) is 5.11 Å². The molecule has 0 spiro atoms. The van der Waals surface area contributed by atoms with Gasteiger partial charge in [0.25, 0.3) is 5.91 Å². The third-order valence-electron chi connectivity index (χ3n) is 4.53. The summed E-state index contributed by atoms with van der Waals surface area (Å²) < 4.78 is 3.85. The standard InChI is InChI=1S/C18H17N5O3S/c1-2-12-4-3-5-21(9-12)6-7-22-10-13(19-20-22)8-14-16(24)23-15(18(25)26)11-27-17(14)23/h3-5,8-11,17H,2,6-7H2,1H3/p+1/b14-8-/t17-/m1/s1. The highest BCUT2D eigenvalue weighted by Crippen LogP contribution is 2.44. The number of aromatic nitrogens is 4. The number of carbonyl (C=O) groups excluding carboxylic acids is 1. The average molecular weight is 384 g/mol. The lowest BCUT2D eigenvalue weighted by atomic mass is 10.0. The van der Waals surface area contributed by atoms with Gasteiger partial charge < -0.3 is 5.11 Å². The van der Waals surface area contributed by atoms with Gasteiger partial charge >= 0.3 is 5.97 Å². The van der Waals surface area contributed by atoms with Gasteiger partial charge in [0.05, 0.1) is 11.8 Å². The second kappa shape index (κ2) is 6.99. The number of carbonyl (C=O) groups is 2. The molecule has 0 bridgehead atoms. The number of pyridine rings is 1. The Morgan fingerprint density at radius 1 is 1.48 bits per heavy atom. The summed E-state index contributed by atoms with van der Waals surface area (Å²) in [6.45, 7) is 3.55. The summed E-state index contributed by atoms with van der Waals surface area (Å²) in [7, 11) is 0. The molecule has 2 aromatic heterocycles. The normalized spacial score (nSPS) is 19.8. The van der Waals surface area contributed by atoms with Gasteiger partial charge in [-0.1, -0.05) is 12.1 Å². The Labute approximate surface area is 159 Å². The van der Waals surface area contributed by atoms with Crippen LogP contribution in [0, 0.1) is 0 Å². The van der Waals surface area contributed by atoms with Crippen molar-refractivity contribution in [2.75, 3.05) is 0 Å². The van der Waals surface area contributed by atoms with Crippen LogP contribution in [0.5, 0.6) is 0 Å². The van der Waals surface area contributed by atoms with E-state index in [1.807, 2.05) is 12.3 Å². The largest absolute Gasteiger partial charge is 0.477 e. The summed E-state index contributed by atoms with van der Waals surface area (Å²) in [5.74, 6) is -1.38. The molecule has 2 aromatic rings. The summed E-state index contributed by atoms with van der Waals surface area (Å²) in [4.78, 5) is 24.6. The number of carboxylic acids is 1. The van der Waals surface area contributed by atoms with Crippen molar-refractivity contribution >= 4 is 29.7 Å². The van der Waals surface area contributed by atoms with E-state index in [9.17, 15) is 9.59 Å². The molecule has 27 heavy (non-hydrogen) atoms. The first-order chi connectivity index (χ1) is 13.1. The van der Waals surface area contributed by atoms with Crippen LogP contribution in [0.25, 0.3) is 6.08 Å². The van der Waals surface area contributed by atoms with Gasteiger partial charge in [-0.25, -0.2) is 14.0 Å². The number of amides is 1. The van der Waals surface area contributed by atoms with Gasteiger partial charge in [0.15, 0.2) is 18.9 Å². The highest BCUT2D eigenvalue weighted by molar-refractivity contribution is 8.03. The Morgan fingerprint density at radius 2 is 2.33 bits per heavy atom. The molecule has 1 amide bonds. The van der Waals surface area contributed by atoms with Gasteiger partial charge in [0.2, 0.25) is 0 Å². The van der Waals surface area contributed by atoms with Crippen molar-refractivity contribution in [3.63, 3.8) is 0 Å². The van der Waals surface area contributed by atoms with Crippen LogP contribution in [0.2, 0.25) is 0 Å². The lowest BCUT2D eigenvalue weighted by molar-refractivity contribution is -0.698. The van der Waals surface area contributed by atoms with Gasteiger partial charge in [0.1, 0.15) is 23.3 Å². The fourth-order valence-electron chi connectivity index (χ4n) is 3.06. The summed E-state index contributed by atoms with van der Waals surface area (Å²) in [5.41, 5.74) is 2.44. The number of hydrogen-bond acceptors (Lipinski definition) is 5.